The molecule has 1 nitrogen and oxygen atoms in total. The normalized spacial score (nSPS) is 46.6. The van der Waals surface area contributed by atoms with Crippen LogP contribution in [-0.2, 0) is 0 Å². The van der Waals surface area contributed by atoms with Crippen molar-refractivity contribution in [3.8, 4) is 0 Å². The minimum absolute atomic E-state index is 0.290. The predicted molar refractivity (Wildman–Crippen MR) is 80.0 cm³/mol. The molecule has 108 valence electrons. The van der Waals surface area contributed by atoms with Gasteiger partial charge in [-0.2, -0.15) is 0 Å². The van der Waals surface area contributed by atoms with E-state index in [4.69, 9.17) is 0 Å². The first-order valence-electron chi connectivity index (χ1n) is 8.65. The van der Waals surface area contributed by atoms with Gasteiger partial charge in [0.25, 0.3) is 0 Å². The van der Waals surface area contributed by atoms with Crippen molar-refractivity contribution in [2.24, 2.45) is 28.6 Å². The van der Waals surface area contributed by atoms with Crippen LogP contribution in [-0.4, -0.2) is 12.1 Å². The second-order valence-electron chi connectivity index (χ2n) is 9.58. The van der Waals surface area contributed by atoms with Crippen molar-refractivity contribution in [3.05, 3.63) is 0 Å². The molecule has 0 aromatic heterocycles. The SMILES string of the molecule is CC(C)(C)NCC1(C23CC4CC(CC(C4)C2)C3)CC1. The summed E-state index contributed by atoms with van der Waals surface area (Å²) in [7, 11) is 0. The smallest absolute Gasteiger partial charge is 0.00967 e. The van der Waals surface area contributed by atoms with Gasteiger partial charge in [-0.3, -0.25) is 0 Å². The zero-order valence-electron chi connectivity index (χ0n) is 13.1. The highest BCUT2D eigenvalue weighted by atomic mass is 15.0. The molecule has 0 atom stereocenters. The fourth-order valence-electron chi connectivity index (χ4n) is 6.24. The Morgan fingerprint density at radius 2 is 1.37 bits per heavy atom. The lowest BCUT2D eigenvalue weighted by atomic mass is 9.45. The molecule has 0 amide bonds. The summed E-state index contributed by atoms with van der Waals surface area (Å²) in [5.74, 6) is 3.33. The van der Waals surface area contributed by atoms with Crippen molar-refractivity contribution in [3.63, 3.8) is 0 Å². The van der Waals surface area contributed by atoms with Crippen molar-refractivity contribution in [1.29, 1.82) is 0 Å². The summed E-state index contributed by atoms with van der Waals surface area (Å²) >= 11 is 0. The van der Waals surface area contributed by atoms with Crippen LogP contribution in [0.3, 0.4) is 0 Å². The van der Waals surface area contributed by atoms with Gasteiger partial charge in [0.05, 0.1) is 0 Å². The molecule has 0 radical (unpaired) electrons. The van der Waals surface area contributed by atoms with Crippen molar-refractivity contribution < 1.29 is 0 Å². The standard InChI is InChI=1S/C18H31N/c1-16(2,3)19-12-17(4-5-17)18-9-13-6-14(10-18)8-15(7-13)11-18/h13-15,19H,4-12H2,1-3H3. The molecule has 1 heteroatoms. The molecule has 5 fully saturated rings. The van der Waals surface area contributed by atoms with Crippen LogP contribution in [0.5, 0.6) is 0 Å². The van der Waals surface area contributed by atoms with Crippen LogP contribution in [0.15, 0.2) is 0 Å². The minimum Gasteiger partial charge on any atom is -0.311 e. The first-order valence-corrected chi connectivity index (χ1v) is 8.65. The summed E-state index contributed by atoms with van der Waals surface area (Å²) in [5, 5.41) is 3.85. The van der Waals surface area contributed by atoms with E-state index in [2.05, 4.69) is 26.1 Å². The molecular weight excluding hydrogens is 230 g/mol. The molecule has 0 saturated heterocycles. The Kier molecular flexibility index (Phi) is 2.52. The van der Waals surface area contributed by atoms with Crippen LogP contribution in [0.2, 0.25) is 0 Å². The van der Waals surface area contributed by atoms with Crippen LogP contribution in [0.25, 0.3) is 0 Å². The van der Waals surface area contributed by atoms with Crippen LogP contribution in [0, 0.1) is 28.6 Å². The summed E-state index contributed by atoms with van der Waals surface area (Å²) in [6, 6.07) is 0. The van der Waals surface area contributed by atoms with Crippen molar-refractivity contribution >= 4 is 0 Å². The van der Waals surface area contributed by atoms with E-state index >= 15 is 0 Å². The Hall–Kier alpha value is -0.0400. The van der Waals surface area contributed by atoms with Gasteiger partial charge < -0.3 is 5.32 Å². The van der Waals surface area contributed by atoms with Gasteiger partial charge in [-0.05, 0) is 101 Å². The van der Waals surface area contributed by atoms with Crippen LogP contribution in [0.4, 0.5) is 0 Å². The van der Waals surface area contributed by atoms with Gasteiger partial charge in [-0.25, -0.2) is 0 Å². The third-order valence-electron chi connectivity index (χ3n) is 6.97. The summed E-state index contributed by atoms with van der Waals surface area (Å²) < 4.78 is 0. The van der Waals surface area contributed by atoms with E-state index in [1.165, 1.54) is 19.4 Å². The lowest BCUT2D eigenvalue weighted by Crippen LogP contribution is -2.54. The molecule has 0 aromatic rings. The molecule has 5 rings (SSSR count). The maximum Gasteiger partial charge on any atom is 0.00967 e. The number of hydrogen-bond acceptors (Lipinski definition) is 1. The number of rotatable bonds is 3. The van der Waals surface area contributed by atoms with Crippen LogP contribution < -0.4 is 5.32 Å². The molecule has 1 N–H and O–H groups in total. The largest absolute Gasteiger partial charge is 0.311 e. The summed E-state index contributed by atoms with van der Waals surface area (Å²) in [6.07, 6.45) is 12.6. The molecule has 0 aromatic carbocycles. The highest BCUT2D eigenvalue weighted by molar-refractivity contribution is 5.15. The van der Waals surface area contributed by atoms with Gasteiger partial charge in [0, 0.05) is 12.1 Å². The second kappa shape index (κ2) is 3.78. The second-order valence-corrected chi connectivity index (χ2v) is 9.58. The van der Waals surface area contributed by atoms with Crippen molar-refractivity contribution in [2.75, 3.05) is 6.54 Å². The highest BCUT2D eigenvalue weighted by Gasteiger charge is 2.64. The van der Waals surface area contributed by atoms with E-state index in [1.807, 2.05) is 0 Å². The monoisotopic (exact) mass is 261 g/mol. The Labute approximate surface area is 118 Å². The van der Waals surface area contributed by atoms with Gasteiger partial charge in [-0.1, -0.05) is 0 Å². The third kappa shape index (κ3) is 1.99. The molecule has 0 unspecified atom stereocenters. The predicted octanol–water partition coefficient (Wildman–Crippen LogP) is 4.37. The maximum absolute atomic E-state index is 3.85. The maximum atomic E-state index is 3.85. The zero-order chi connectivity index (χ0) is 13.3. The van der Waals surface area contributed by atoms with Gasteiger partial charge >= 0.3 is 0 Å². The summed E-state index contributed by atoms with van der Waals surface area (Å²) in [5.41, 5.74) is 1.76. The Morgan fingerprint density at radius 1 is 0.895 bits per heavy atom. The molecule has 5 aliphatic rings. The van der Waals surface area contributed by atoms with Crippen LogP contribution >= 0.6 is 0 Å². The molecule has 0 aliphatic heterocycles. The lowest BCUT2D eigenvalue weighted by molar-refractivity contribution is -0.0971. The Morgan fingerprint density at radius 3 is 1.74 bits per heavy atom. The fraction of sp³-hybridized carbons (Fsp3) is 1.00. The van der Waals surface area contributed by atoms with Gasteiger partial charge in [0.15, 0.2) is 0 Å². The topological polar surface area (TPSA) is 12.0 Å². The first kappa shape index (κ1) is 12.7. The first-order chi connectivity index (χ1) is 8.90. The lowest BCUT2D eigenvalue weighted by Gasteiger charge is -2.60. The minimum atomic E-state index is 0.290. The van der Waals surface area contributed by atoms with E-state index in [0.29, 0.717) is 5.41 Å². The molecule has 5 saturated carbocycles. The molecule has 4 bridgehead atoms. The van der Waals surface area contributed by atoms with E-state index in [1.54, 1.807) is 38.5 Å². The van der Waals surface area contributed by atoms with E-state index in [0.717, 1.165) is 23.2 Å². The highest BCUT2D eigenvalue weighted by Crippen LogP contribution is 2.72. The fourth-order valence-corrected chi connectivity index (χ4v) is 6.24. The third-order valence-corrected chi connectivity index (χ3v) is 6.97. The van der Waals surface area contributed by atoms with Gasteiger partial charge in [0.2, 0.25) is 0 Å². The Bertz CT molecular complexity index is 336. The molecule has 0 spiro atoms. The van der Waals surface area contributed by atoms with E-state index in [-0.39, 0.29) is 5.54 Å². The number of nitrogens with one attached hydrogen (secondary N) is 1. The number of hydrogen-bond donors (Lipinski definition) is 1. The van der Waals surface area contributed by atoms with Crippen LogP contribution in [0.1, 0.15) is 72.1 Å². The molecule has 5 aliphatic carbocycles. The van der Waals surface area contributed by atoms with E-state index < -0.39 is 0 Å². The zero-order valence-corrected chi connectivity index (χ0v) is 13.1. The molecular formula is C18H31N. The van der Waals surface area contributed by atoms with E-state index in [9.17, 15) is 0 Å². The average Bonchev–Trinajstić information content (AvgIpc) is 3.04. The Balaban J connectivity index is 1.55. The van der Waals surface area contributed by atoms with Gasteiger partial charge in [0.1, 0.15) is 0 Å². The molecule has 19 heavy (non-hydrogen) atoms. The van der Waals surface area contributed by atoms with Crippen molar-refractivity contribution in [1.82, 2.24) is 5.32 Å². The average molecular weight is 261 g/mol. The summed E-state index contributed by atoms with van der Waals surface area (Å²) in [6.45, 7) is 8.26. The quantitative estimate of drug-likeness (QED) is 0.795. The summed E-state index contributed by atoms with van der Waals surface area (Å²) in [4.78, 5) is 0. The van der Waals surface area contributed by atoms with Gasteiger partial charge in [-0.15, -0.1) is 0 Å². The molecule has 0 heterocycles. The van der Waals surface area contributed by atoms with Crippen molar-refractivity contribution in [2.45, 2.75) is 77.7 Å².